The third-order valence-electron chi connectivity index (χ3n) is 1.24. The van der Waals surface area contributed by atoms with Crippen LogP contribution in [0.25, 0.3) is 0 Å². The highest BCUT2D eigenvalue weighted by Gasteiger charge is 2.08. The van der Waals surface area contributed by atoms with Crippen LogP contribution in [0.2, 0.25) is 0 Å². The first kappa shape index (κ1) is 9.25. The van der Waals surface area contributed by atoms with Crippen LogP contribution < -0.4 is 0 Å². The molecule has 13 heavy (non-hydrogen) atoms. The molecule has 1 aromatic rings. The van der Waals surface area contributed by atoms with Gasteiger partial charge in [-0.2, -0.15) is 0 Å². The Labute approximate surface area is 75.0 Å². The van der Waals surface area contributed by atoms with E-state index in [4.69, 9.17) is 0 Å². The van der Waals surface area contributed by atoms with E-state index in [1.807, 2.05) is 0 Å². The Hall–Kier alpha value is -1.84. The molecular formula is C9H8O4. The molecule has 68 valence electrons. The summed E-state index contributed by atoms with van der Waals surface area (Å²) in [7, 11) is 0. The van der Waals surface area contributed by atoms with Crippen molar-refractivity contribution < 1.29 is 19.4 Å². The van der Waals surface area contributed by atoms with Crippen LogP contribution >= 0.6 is 0 Å². The van der Waals surface area contributed by atoms with Gasteiger partial charge in [-0.05, 0) is 12.1 Å². The van der Waals surface area contributed by atoms with Gasteiger partial charge in [-0.15, -0.1) is 0 Å². The smallest absolute Gasteiger partial charge is 0.248 e. The summed E-state index contributed by atoms with van der Waals surface area (Å²) >= 11 is 0. The predicted octanol–water partition coefficient (Wildman–Crippen LogP) is 1.32. The highest BCUT2D eigenvalue weighted by atomic mass is 19.1. The Morgan fingerprint density at radius 3 is 2.23 bits per heavy atom. The van der Waals surface area contributed by atoms with Gasteiger partial charge in [0.15, 0.2) is 0 Å². The summed E-state index contributed by atoms with van der Waals surface area (Å²) in [5, 5.41) is 0. The molecule has 0 amide bonds. The summed E-state index contributed by atoms with van der Waals surface area (Å²) in [5.74, 6) is -1.35. The second-order valence-corrected chi connectivity index (χ2v) is 2.31. The molecule has 0 aliphatic rings. The van der Waals surface area contributed by atoms with E-state index in [-0.39, 0.29) is 0 Å². The van der Waals surface area contributed by atoms with E-state index in [2.05, 4.69) is 9.78 Å². The molecule has 0 spiro atoms. The van der Waals surface area contributed by atoms with E-state index >= 15 is 0 Å². The van der Waals surface area contributed by atoms with Crippen molar-refractivity contribution in [3.63, 3.8) is 0 Å². The highest BCUT2D eigenvalue weighted by Crippen LogP contribution is 2.00. The number of benzene rings is 1. The van der Waals surface area contributed by atoms with Gasteiger partial charge >= 0.3 is 11.9 Å². The van der Waals surface area contributed by atoms with Gasteiger partial charge in [0.05, 0.1) is 5.56 Å². The number of carbonyl (C=O) groups excluding carboxylic acids is 2. The summed E-state index contributed by atoms with van der Waals surface area (Å²) in [4.78, 5) is 29.6. The quantitative estimate of drug-likeness (QED) is 0.375. The minimum Gasteiger partial charge on any atom is -0.248 e. The molecule has 0 aromatic heterocycles. The van der Waals surface area contributed by atoms with Crippen LogP contribution in [0, 0.1) is 0 Å². The Balaban J connectivity index is 2.54. The topological polar surface area (TPSA) is 52.6 Å². The van der Waals surface area contributed by atoms with Gasteiger partial charge in [0.25, 0.3) is 0 Å². The van der Waals surface area contributed by atoms with Crippen LogP contribution in [0.1, 0.15) is 17.3 Å². The first-order valence-corrected chi connectivity index (χ1v) is 3.64. The van der Waals surface area contributed by atoms with Crippen LogP contribution in [-0.2, 0) is 14.6 Å². The maximum atomic E-state index is 11.0. The van der Waals surface area contributed by atoms with E-state index < -0.39 is 11.9 Å². The molecule has 4 heteroatoms. The fraction of sp³-hybridized carbons (Fsp3) is 0.111. The fourth-order valence-electron chi connectivity index (χ4n) is 0.719. The van der Waals surface area contributed by atoms with Crippen molar-refractivity contribution in [1.29, 1.82) is 0 Å². The summed E-state index contributed by atoms with van der Waals surface area (Å²) in [6.45, 7) is 1.15. The molecule has 0 aliphatic carbocycles. The lowest BCUT2D eigenvalue weighted by Crippen LogP contribution is -2.08. The van der Waals surface area contributed by atoms with E-state index in [9.17, 15) is 9.59 Å². The van der Waals surface area contributed by atoms with Crippen molar-refractivity contribution in [2.75, 3.05) is 0 Å². The summed E-state index contributed by atoms with van der Waals surface area (Å²) < 4.78 is 0. The predicted molar refractivity (Wildman–Crippen MR) is 43.6 cm³/mol. The SMILES string of the molecule is CC(=O)[18O][18O]C(=O)c1ccccc1. The molecule has 0 saturated heterocycles. The van der Waals surface area contributed by atoms with Crippen LogP contribution in [0.4, 0.5) is 0 Å². The summed E-state index contributed by atoms with van der Waals surface area (Å²) in [5.41, 5.74) is 0.337. The van der Waals surface area contributed by atoms with Gasteiger partial charge in [0.2, 0.25) is 0 Å². The molecule has 4 nitrogen and oxygen atoms in total. The third-order valence-corrected chi connectivity index (χ3v) is 1.24. The average molecular weight is 184 g/mol. The fourth-order valence-corrected chi connectivity index (χ4v) is 0.719. The van der Waals surface area contributed by atoms with Gasteiger partial charge in [0, 0.05) is 6.92 Å². The molecule has 0 saturated carbocycles. The second-order valence-electron chi connectivity index (χ2n) is 2.31. The zero-order chi connectivity index (χ0) is 9.68. The normalized spacial score (nSPS) is 9.00. The lowest BCUT2D eigenvalue weighted by molar-refractivity contribution is -0.231. The van der Waals surface area contributed by atoms with Crippen molar-refractivity contribution in [3.8, 4) is 0 Å². The maximum absolute atomic E-state index is 11.0. The molecule has 0 bridgehead atoms. The average Bonchev–Trinajstić information content (AvgIpc) is 2.15. The first-order valence-electron chi connectivity index (χ1n) is 3.64. The van der Waals surface area contributed by atoms with Gasteiger partial charge in [-0.1, -0.05) is 18.2 Å². The number of carbonyl (C=O) groups is 2. The zero-order valence-electron chi connectivity index (χ0n) is 7.02. The Kier molecular flexibility index (Phi) is 3.03. The molecule has 0 unspecified atom stereocenters. The molecule has 0 heterocycles. The number of hydrogen-bond donors (Lipinski definition) is 0. The van der Waals surface area contributed by atoms with Crippen molar-refractivity contribution in [3.05, 3.63) is 35.9 Å². The first-order chi connectivity index (χ1) is 6.20. The second kappa shape index (κ2) is 4.25. The molecule has 0 atom stereocenters. The number of rotatable bonds is 1. The molecular weight excluding hydrogens is 176 g/mol. The zero-order valence-corrected chi connectivity index (χ0v) is 7.02. The lowest BCUT2D eigenvalue weighted by Gasteiger charge is -1.99. The Bertz CT molecular complexity index is 305. The van der Waals surface area contributed by atoms with E-state index in [1.165, 1.54) is 0 Å². The summed E-state index contributed by atoms with van der Waals surface area (Å²) in [6, 6.07) is 8.26. The van der Waals surface area contributed by atoms with Crippen LogP contribution in [0.15, 0.2) is 30.3 Å². The standard InChI is InChI=1S/C9H8O4/c1-7(10)12-13-9(11)8-5-3-2-4-6-8/h2-6H,1H3/i12+2,13+2. The van der Waals surface area contributed by atoms with E-state index in [1.54, 1.807) is 30.3 Å². The minimum atomic E-state index is -0.684. The third kappa shape index (κ3) is 2.94. The van der Waals surface area contributed by atoms with Gasteiger partial charge in [0.1, 0.15) is 0 Å². The van der Waals surface area contributed by atoms with Crippen molar-refractivity contribution >= 4 is 11.9 Å². The lowest BCUT2D eigenvalue weighted by atomic mass is 10.2. The monoisotopic (exact) mass is 184 g/mol. The van der Waals surface area contributed by atoms with Crippen LogP contribution in [0.3, 0.4) is 0 Å². The van der Waals surface area contributed by atoms with Crippen molar-refractivity contribution in [2.45, 2.75) is 6.92 Å². The van der Waals surface area contributed by atoms with Gasteiger partial charge in [-0.25, -0.2) is 19.4 Å². The molecule has 0 fully saturated rings. The summed E-state index contributed by atoms with van der Waals surface area (Å²) in [6.07, 6.45) is 0. The molecule has 0 N–H and O–H groups in total. The van der Waals surface area contributed by atoms with E-state index in [0.29, 0.717) is 5.56 Å². The Morgan fingerprint density at radius 1 is 1.08 bits per heavy atom. The largest absolute Gasteiger partial charge is 0.386 e. The molecule has 1 rings (SSSR count). The minimum absolute atomic E-state index is 0.337. The van der Waals surface area contributed by atoms with Crippen molar-refractivity contribution in [1.82, 2.24) is 0 Å². The van der Waals surface area contributed by atoms with Crippen LogP contribution in [0.5, 0.6) is 0 Å². The van der Waals surface area contributed by atoms with E-state index in [0.717, 1.165) is 6.92 Å². The Morgan fingerprint density at radius 2 is 1.69 bits per heavy atom. The van der Waals surface area contributed by atoms with Gasteiger partial charge in [-0.3, -0.25) is 0 Å². The molecule has 0 radical (unpaired) electrons. The molecule has 0 aliphatic heterocycles. The number of hydrogen-bond acceptors (Lipinski definition) is 4. The van der Waals surface area contributed by atoms with Crippen molar-refractivity contribution in [2.24, 2.45) is 0 Å². The highest BCUT2D eigenvalue weighted by molar-refractivity contribution is 5.89. The van der Waals surface area contributed by atoms with Crippen LogP contribution in [-0.4, -0.2) is 11.9 Å². The molecule has 1 aromatic carbocycles. The maximum Gasteiger partial charge on any atom is 0.386 e. The van der Waals surface area contributed by atoms with Gasteiger partial charge < -0.3 is 0 Å².